The normalized spacial score (nSPS) is 11.6. The van der Waals surface area contributed by atoms with Gasteiger partial charge in [0.15, 0.2) is 17.5 Å². The van der Waals surface area contributed by atoms with Crippen molar-refractivity contribution >= 4 is 53.4 Å². The summed E-state index contributed by atoms with van der Waals surface area (Å²) < 4.78 is 9.09. The first kappa shape index (κ1) is 32.2. The number of hydrogen-bond donors (Lipinski definition) is 0. The minimum Gasteiger partial charge on any atom is -0.456 e. The second kappa shape index (κ2) is 13.3. The van der Waals surface area contributed by atoms with Crippen molar-refractivity contribution in [3.8, 4) is 67.5 Å². The van der Waals surface area contributed by atoms with Crippen molar-refractivity contribution in [3.63, 3.8) is 0 Å². The Bertz CT molecular complexity index is 3180. The molecule has 0 fully saturated rings. The van der Waals surface area contributed by atoms with Crippen molar-refractivity contribution in [2.75, 3.05) is 0 Å². The molecule has 0 atom stereocenters. The average molecular weight is 734 g/mol. The Morgan fingerprint density at radius 1 is 0.339 bits per heavy atom. The number of nitrogens with zero attached hydrogens (tertiary/aromatic N) is 3. The summed E-state index contributed by atoms with van der Waals surface area (Å²) in [6.07, 6.45) is 0. The fourth-order valence-corrected chi connectivity index (χ4v) is 9.05. The van der Waals surface area contributed by atoms with Crippen molar-refractivity contribution in [2.24, 2.45) is 0 Å². The summed E-state index contributed by atoms with van der Waals surface area (Å²) in [5.74, 6) is 1.90. The smallest absolute Gasteiger partial charge is 0.164 e. The molecule has 11 aromatic rings. The van der Waals surface area contributed by atoms with Crippen LogP contribution in [0.4, 0.5) is 0 Å². The van der Waals surface area contributed by atoms with E-state index in [-0.39, 0.29) is 0 Å². The molecule has 0 aliphatic carbocycles. The van der Waals surface area contributed by atoms with Gasteiger partial charge < -0.3 is 4.42 Å². The van der Waals surface area contributed by atoms with Crippen LogP contribution in [0.2, 0.25) is 0 Å². The monoisotopic (exact) mass is 733 g/mol. The minimum atomic E-state index is 0.623. The zero-order valence-electron chi connectivity index (χ0n) is 30.1. The van der Waals surface area contributed by atoms with Gasteiger partial charge in [0.25, 0.3) is 0 Å². The first-order chi connectivity index (χ1) is 27.7. The van der Waals surface area contributed by atoms with Gasteiger partial charge in [0.05, 0.1) is 0 Å². The van der Waals surface area contributed by atoms with E-state index in [0.29, 0.717) is 17.5 Å². The third kappa shape index (κ3) is 5.56. The molecule has 3 aromatic heterocycles. The molecule has 262 valence electrons. The highest BCUT2D eigenvalue weighted by atomic mass is 32.1. The second-order valence-electron chi connectivity index (χ2n) is 14.0. The van der Waals surface area contributed by atoms with Gasteiger partial charge in [-0.2, -0.15) is 0 Å². The lowest BCUT2D eigenvalue weighted by atomic mass is 9.96. The van der Waals surface area contributed by atoms with Crippen LogP contribution in [0.25, 0.3) is 110 Å². The largest absolute Gasteiger partial charge is 0.456 e. The number of hydrogen-bond acceptors (Lipinski definition) is 5. The van der Waals surface area contributed by atoms with Crippen LogP contribution in [0.15, 0.2) is 192 Å². The zero-order valence-corrected chi connectivity index (χ0v) is 30.9. The minimum absolute atomic E-state index is 0.623. The van der Waals surface area contributed by atoms with Gasteiger partial charge >= 0.3 is 0 Å². The average Bonchev–Trinajstić information content (AvgIpc) is 3.85. The summed E-state index contributed by atoms with van der Waals surface area (Å²) in [7, 11) is 0. The summed E-state index contributed by atoms with van der Waals surface area (Å²) in [5, 5.41) is 4.73. The maximum absolute atomic E-state index is 6.49. The van der Waals surface area contributed by atoms with E-state index in [0.717, 1.165) is 55.3 Å². The van der Waals surface area contributed by atoms with Crippen molar-refractivity contribution in [2.45, 2.75) is 0 Å². The molecule has 0 bridgehead atoms. The number of aromatic nitrogens is 3. The van der Waals surface area contributed by atoms with Crippen LogP contribution in [0.3, 0.4) is 0 Å². The third-order valence-electron chi connectivity index (χ3n) is 10.5. The van der Waals surface area contributed by atoms with Gasteiger partial charge in [0.1, 0.15) is 11.2 Å². The highest BCUT2D eigenvalue weighted by molar-refractivity contribution is 7.26. The molecule has 0 aliphatic heterocycles. The molecule has 4 nitrogen and oxygen atoms in total. The van der Waals surface area contributed by atoms with E-state index in [1.54, 1.807) is 0 Å². The Balaban J connectivity index is 1.02. The van der Waals surface area contributed by atoms with Crippen LogP contribution < -0.4 is 0 Å². The molecular weight excluding hydrogens is 703 g/mol. The Morgan fingerprint density at radius 3 is 1.61 bits per heavy atom. The molecular formula is C51H31N3OS. The molecule has 0 aliphatic rings. The molecule has 56 heavy (non-hydrogen) atoms. The molecule has 8 aromatic carbocycles. The molecule has 0 N–H and O–H groups in total. The van der Waals surface area contributed by atoms with Crippen LogP contribution in [0.5, 0.6) is 0 Å². The molecule has 0 spiro atoms. The molecule has 5 heteroatoms. The number of furan rings is 1. The van der Waals surface area contributed by atoms with Crippen LogP contribution in [-0.4, -0.2) is 15.0 Å². The molecule has 3 heterocycles. The summed E-state index contributed by atoms with van der Waals surface area (Å²) in [5.41, 5.74) is 11.5. The third-order valence-corrected chi connectivity index (χ3v) is 11.8. The van der Waals surface area contributed by atoms with Crippen LogP contribution in [0.1, 0.15) is 0 Å². The van der Waals surface area contributed by atoms with E-state index in [4.69, 9.17) is 19.4 Å². The molecule has 0 saturated carbocycles. The number of rotatable bonds is 6. The summed E-state index contributed by atoms with van der Waals surface area (Å²) >= 11 is 1.86. The number of fused-ring (bicyclic) bond motifs is 6. The Kier molecular flexibility index (Phi) is 7.64. The highest BCUT2D eigenvalue weighted by Gasteiger charge is 2.17. The summed E-state index contributed by atoms with van der Waals surface area (Å²) in [4.78, 5) is 14.9. The Hall–Kier alpha value is -7.21. The van der Waals surface area contributed by atoms with Crippen molar-refractivity contribution in [1.29, 1.82) is 0 Å². The SMILES string of the molecule is c1ccc(-c2nc(-c3ccccc3)nc(-c3cccc(-c4cccc5oc6ccc(-c7ccc8sc9c(-c%10ccccc%10)cccc9c8c7)cc6c45)c3)n2)cc1. The van der Waals surface area contributed by atoms with Crippen LogP contribution >= 0.6 is 11.3 Å². The van der Waals surface area contributed by atoms with Crippen LogP contribution in [0, 0.1) is 0 Å². The highest BCUT2D eigenvalue weighted by Crippen LogP contribution is 2.43. The van der Waals surface area contributed by atoms with Gasteiger partial charge in [-0.1, -0.05) is 152 Å². The molecule has 11 rings (SSSR count). The Morgan fingerprint density at radius 2 is 0.893 bits per heavy atom. The van der Waals surface area contributed by atoms with E-state index < -0.39 is 0 Å². The maximum atomic E-state index is 6.49. The molecule has 0 saturated heterocycles. The second-order valence-corrected chi connectivity index (χ2v) is 15.0. The van der Waals surface area contributed by atoms with E-state index in [1.165, 1.54) is 36.9 Å². The number of benzene rings is 8. The van der Waals surface area contributed by atoms with Gasteiger partial charge in [-0.15, -0.1) is 11.3 Å². The maximum Gasteiger partial charge on any atom is 0.164 e. The fraction of sp³-hybridized carbons (Fsp3) is 0. The van der Waals surface area contributed by atoms with Crippen molar-refractivity contribution in [3.05, 3.63) is 188 Å². The van der Waals surface area contributed by atoms with E-state index in [9.17, 15) is 0 Å². The molecule has 0 unspecified atom stereocenters. The molecule has 0 radical (unpaired) electrons. The van der Waals surface area contributed by atoms with Gasteiger partial charge in [-0.25, -0.2) is 15.0 Å². The first-order valence-corrected chi connectivity index (χ1v) is 19.5. The lowest BCUT2D eigenvalue weighted by molar-refractivity contribution is 0.669. The van der Waals surface area contributed by atoms with Gasteiger partial charge in [0.2, 0.25) is 0 Å². The topological polar surface area (TPSA) is 51.8 Å². The first-order valence-electron chi connectivity index (χ1n) is 18.7. The lowest BCUT2D eigenvalue weighted by Gasteiger charge is -2.10. The zero-order chi connectivity index (χ0) is 37.0. The predicted octanol–water partition coefficient (Wildman–Crippen LogP) is 14.1. The van der Waals surface area contributed by atoms with Gasteiger partial charge in [-0.05, 0) is 69.8 Å². The van der Waals surface area contributed by atoms with E-state index in [1.807, 2.05) is 72.0 Å². The Labute approximate surface area is 327 Å². The summed E-state index contributed by atoms with van der Waals surface area (Å²) in [6, 6.07) is 65.7. The quantitative estimate of drug-likeness (QED) is 0.171. The van der Waals surface area contributed by atoms with E-state index >= 15 is 0 Å². The predicted molar refractivity (Wildman–Crippen MR) is 233 cm³/mol. The summed E-state index contributed by atoms with van der Waals surface area (Å²) in [6.45, 7) is 0. The molecule has 0 amide bonds. The standard InChI is InChI=1S/C51H31N3OS/c1-4-13-32(14-5-1)40-22-11-23-41-42-30-36(26-28-46(42)56-48(40)41)35-25-27-44-43(31-35)47-39(21-12-24-45(47)55-44)37-19-10-20-38(29-37)51-53-49(33-15-6-2-7-16-33)52-50(54-51)34-17-8-3-9-18-34/h1-31H. The van der Waals surface area contributed by atoms with E-state index in [2.05, 4.69) is 127 Å². The van der Waals surface area contributed by atoms with Crippen molar-refractivity contribution in [1.82, 2.24) is 15.0 Å². The van der Waals surface area contributed by atoms with Crippen LogP contribution in [-0.2, 0) is 0 Å². The lowest BCUT2D eigenvalue weighted by Crippen LogP contribution is -2.00. The fourth-order valence-electron chi connectivity index (χ4n) is 7.83. The number of thiophene rings is 1. The van der Waals surface area contributed by atoms with Gasteiger partial charge in [-0.3, -0.25) is 0 Å². The van der Waals surface area contributed by atoms with Gasteiger partial charge in [0, 0.05) is 47.6 Å². The van der Waals surface area contributed by atoms with Crippen molar-refractivity contribution < 1.29 is 4.42 Å².